The predicted octanol–water partition coefficient (Wildman–Crippen LogP) is 4.24. The Morgan fingerprint density at radius 3 is 2.67 bits per heavy atom. The molecule has 118 valence electrons. The molecule has 1 unspecified atom stereocenters. The fourth-order valence-electron chi connectivity index (χ4n) is 3.10. The molecule has 1 aliphatic rings. The quantitative estimate of drug-likeness (QED) is 0.822. The standard InChI is InChI=1S/C17H30N4/c1-5-10-18-15-11-16(21-14(6-2)20-15)19-13-8-7-9-17(3,4)12-13/h11,13H,5-10,12H2,1-4H3,(H2,18,19,20,21). The molecular formula is C17H30N4. The molecule has 1 aromatic heterocycles. The molecule has 0 aliphatic heterocycles. The van der Waals surface area contributed by atoms with Crippen LogP contribution in [0.2, 0.25) is 0 Å². The molecule has 0 saturated heterocycles. The molecule has 1 atom stereocenters. The second kappa shape index (κ2) is 7.10. The van der Waals surface area contributed by atoms with Crippen LogP contribution in [0, 0.1) is 5.41 Å². The largest absolute Gasteiger partial charge is 0.370 e. The summed E-state index contributed by atoms with van der Waals surface area (Å²) in [6.45, 7) is 9.96. The van der Waals surface area contributed by atoms with E-state index in [9.17, 15) is 0 Å². The highest BCUT2D eigenvalue weighted by Gasteiger charge is 2.28. The van der Waals surface area contributed by atoms with Crippen LogP contribution in [0.5, 0.6) is 0 Å². The topological polar surface area (TPSA) is 49.8 Å². The van der Waals surface area contributed by atoms with Gasteiger partial charge < -0.3 is 10.6 Å². The van der Waals surface area contributed by atoms with Crippen molar-refractivity contribution in [3.05, 3.63) is 11.9 Å². The Labute approximate surface area is 129 Å². The van der Waals surface area contributed by atoms with Gasteiger partial charge in [-0.25, -0.2) is 9.97 Å². The van der Waals surface area contributed by atoms with Gasteiger partial charge in [-0.3, -0.25) is 0 Å². The summed E-state index contributed by atoms with van der Waals surface area (Å²) in [4.78, 5) is 9.19. The van der Waals surface area contributed by atoms with Crippen molar-refractivity contribution in [2.24, 2.45) is 5.41 Å². The van der Waals surface area contributed by atoms with Crippen LogP contribution >= 0.6 is 0 Å². The molecule has 1 fully saturated rings. The van der Waals surface area contributed by atoms with Gasteiger partial charge in [0.1, 0.15) is 17.5 Å². The van der Waals surface area contributed by atoms with E-state index in [0.717, 1.165) is 36.8 Å². The Bertz CT molecular complexity index is 456. The van der Waals surface area contributed by atoms with E-state index in [2.05, 4.69) is 54.4 Å². The number of rotatable bonds is 6. The molecule has 1 aromatic rings. The summed E-state index contributed by atoms with van der Waals surface area (Å²) < 4.78 is 0. The molecule has 1 aliphatic carbocycles. The third-order valence-electron chi connectivity index (χ3n) is 4.20. The van der Waals surface area contributed by atoms with Crippen molar-refractivity contribution in [1.29, 1.82) is 0 Å². The van der Waals surface area contributed by atoms with Gasteiger partial charge in [0.05, 0.1) is 0 Å². The van der Waals surface area contributed by atoms with Crippen LogP contribution in [0.4, 0.5) is 11.6 Å². The first-order chi connectivity index (χ1) is 10.0. The van der Waals surface area contributed by atoms with Gasteiger partial charge in [-0.2, -0.15) is 0 Å². The molecule has 4 heteroatoms. The van der Waals surface area contributed by atoms with E-state index in [1.54, 1.807) is 0 Å². The summed E-state index contributed by atoms with van der Waals surface area (Å²) in [6.07, 6.45) is 7.07. The average molecular weight is 290 g/mol. The van der Waals surface area contributed by atoms with E-state index in [0.29, 0.717) is 11.5 Å². The Kier molecular flexibility index (Phi) is 5.43. The maximum atomic E-state index is 4.64. The van der Waals surface area contributed by atoms with Gasteiger partial charge in [0.2, 0.25) is 0 Å². The van der Waals surface area contributed by atoms with Crippen LogP contribution in [-0.4, -0.2) is 22.6 Å². The van der Waals surface area contributed by atoms with E-state index in [-0.39, 0.29) is 0 Å². The number of aromatic nitrogens is 2. The minimum atomic E-state index is 0.444. The van der Waals surface area contributed by atoms with Gasteiger partial charge in [0, 0.05) is 25.1 Å². The monoisotopic (exact) mass is 290 g/mol. The number of nitrogens with one attached hydrogen (secondary N) is 2. The zero-order valence-corrected chi connectivity index (χ0v) is 14.0. The third kappa shape index (κ3) is 4.87. The number of hydrogen-bond donors (Lipinski definition) is 2. The van der Waals surface area contributed by atoms with Crippen molar-refractivity contribution >= 4 is 11.6 Å². The van der Waals surface area contributed by atoms with Crippen molar-refractivity contribution in [2.75, 3.05) is 17.2 Å². The summed E-state index contributed by atoms with van der Waals surface area (Å²) in [6, 6.07) is 2.59. The second-order valence-corrected chi connectivity index (χ2v) is 6.94. The average Bonchev–Trinajstić information content (AvgIpc) is 2.43. The molecule has 2 N–H and O–H groups in total. The van der Waals surface area contributed by atoms with E-state index >= 15 is 0 Å². The minimum Gasteiger partial charge on any atom is -0.370 e. The molecule has 2 rings (SSSR count). The molecule has 0 spiro atoms. The zero-order chi connectivity index (χ0) is 15.3. The predicted molar refractivity (Wildman–Crippen MR) is 89.9 cm³/mol. The SMILES string of the molecule is CCCNc1cc(NC2CCCC(C)(C)C2)nc(CC)n1. The number of anilines is 2. The fraction of sp³-hybridized carbons (Fsp3) is 0.765. The van der Waals surface area contributed by atoms with E-state index in [1.807, 2.05) is 0 Å². The van der Waals surface area contributed by atoms with Crippen molar-refractivity contribution in [3.8, 4) is 0 Å². The number of aryl methyl sites for hydroxylation is 1. The Morgan fingerprint density at radius 2 is 2.00 bits per heavy atom. The first-order valence-electron chi connectivity index (χ1n) is 8.41. The minimum absolute atomic E-state index is 0.444. The molecule has 4 nitrogen and oxygen atoms in total. The number of nitrogens with zero attached hydrogens (tertiary/aromatic N) is 2. The summed E-state index contributed by atoms with van der Waals surface area (Å²) in [7, 11) is 0. The molecule has 0 bridgehead atoms. The van der Waals surface area contributed by atoms with Crippen molar-refractivity contribution < 1.29 is 0 Å². The first-order valence-corrected chi connectivity index (χ1v) is 8.41. The smallest absolute Gasteiger partial charge is 0.132 e. The molecular weight excluding hydrogens is 260 g/mol. The lowest BCUT2D eigenvalue weighted by atomic mass is 9.75. The first kappa shape index (κ1) is 16.1. The third-order valence-corrected chi connectivity index (χ3v) is 4.20. The normalized spacial score (nSPS) is 21.0. The van der Waals surface area contributed by atoms with Crippen LogP contribution in [0.25, 0.3) is 0 Å². The van der Waals surface area contributed by atoms with Gasteiger partial charge in [-0.1, -0.05) is 34.1 Å². The molecule has 1 saturated carbocycles. The van der Waals surface area contributed by atoms with E-state index in [1.165, 1.54) is 25.7 Å². The fourth-order valence-corrected chi connectivity index (χ4v) is 3.10. The van der Waals surface area contributed by atoms with Crippen LogP contribution in [0.3, 0.4) is 0 Å². The highest BCUT2D eigenvalue weighted by atomic mass is 15.1. The zero-order valence-electron chi connectivity index (χ0n) is 14.0. The molecule has 0 radical (unpaired) electrons. The Hall–Kier alpha value is -1.32. The van der Waals surface area contributed by atoms with Crippen LogP contribution in [0.1, 0.15) is 65.6 Å². The maximum absolute atomic E-state index is 4.64. The maximum Gasteiger partial charge on any atom is 0.132 e. The van der Waals surface area contributed by atoms with Gasteiger partial charge in [-0.05, 0) is 31.1 Å². The number of hydrogen-bond acceptors (Lipinski definition) is 4. The van der Waals surface area contributed by atoms with Crippen LogP contribution < -0.4 is 10.6 Å². The van der Waals surface area contributed by atoms with E-state index in [4.69, 9.17) is 0 Å². The Balaban J connectivity index is 2.07. The van der Waals surface area contributed by atoms with Gasteiger partial charge in [0.25, 0.3) is 0 Å². The highest BCUT2D eigenvalue weighted by Crippen LogP contribution is 2.36. The summed E-state index contributed by atoms with van der Waals surface area (Å²) in [5.74, 6) is 2.83. The van der Waals surface area contributed by atoms with E-state index < -0.39 is 0 Å². The lowest BCUT2D eigenvalue weighted by Crippen LogP contribution is -2.32. The van der Waals surface area contributed by atoms with Gasteiger partial charge in [-0.15, -0.1) is 0 Å². The van der Waals surface area contributed by atoms with Gasteiger partial charge in [0.15, 0.2) is 0 Å². The summed E-state index contributed by atoms with van der Waals surface area (Å²) >= 11 is 0. The van der Waals surface area contributed by atoms with Crippen molar-refractivity contribution in [1.82, 2.24) is 9.97 Å². The Morgan fingerprint density at radius 1 is 1.24 bits per heavy atom. The molecule has 1 heterocycles. The van der Waals surface area contributed by atoms with Crippen molar-refractivity contribution in [2.45, 2.75) is 72.3 Å². The lowest BCUT2D eigenvalue weighted by Gasteiger charge is -2.35. The van der Waals surface area contributed by atoms with Gasteiger partial charge >= 0.3 is 0 Å². The van der Waals surface area contributed by atoms with Crippen LogP contribution in [-0.2, 0) is 6.42 Å². The summed E-state index contributed by atoms with van der Waals surface area (Å²) in [5, 5.41) is 7.01. The molecule has 0 aromatic carbocycles. The molecule has 0 amide bonds. The second-order valence-electron chi connectivity index (χ2n) is 6.94. The van der Waals surface area contributed by atoms with Crippen molar-refractivity contribution in [3.63, 3.8) is 0 Å². The molecule has 21 heavy (non-hydrogen) atoms. The van der Waals surface area contributed by atoms with Crippen LogP contribution in [0.15, 0.2) is 6.07 Å². The summed E-state index contributed by atoms with van der Waals surface area (Å²) in [5.41, 5.74) is 0.444. The lowest BCUT2D eigenvalue weighted by molar-refractivity contribution is 0.229. The highest BCUT2D eigenvalue weighted by molar-refractivity contribution is 5.48.